The lowest BCUT2D eigenvalue weighted by atomic mass is 10.0. The molecule has 1 aromatic carbocycles. The fraction of sp³-hybridized carbons (Fsp3) is 0.250. The Balaban J connectivity index is 2.42. The standard InChI is InChI=1S/C20H23NO4/c1-5-11-21-12-17(13-22)15(2)19(18(21)20(23-3)24-4)25-14-16-9-7-6-8-10-16/h5-10,12-13,20H,1-2,11,14H2,3-4H3. The third-order valence-corrected chi connectivity index (χ3v) is 3.79. The van der Waals surface area contributed by atoms with Gasteiger partial charge >= 0.3 is 0 Å². The molecular weight excluding hydrogens is 318 g/mol. The second-order valence-corrected chi connectivity index (χ2v) is 5.41. The Morgan fingerprint density at radius 3 is 2.44 bits per heavy atom. The summed E-state index contributed by atoms with van der Waals surface area (Å²) in [5, 5.41) is 0. The van der Waals surface area contributed by atoms with Crippen LogP contribution in [0.2, 0.25) is 0 Å². The maximum absolute atomic E-state index is 11.4. The van der Waals surface area contributed by atoms with E-state index in [1.165, 1.54) is 0 Å². The van der Waals surface area contributed by atoms with E-state index in [2.05, 4.69) is 13.2 Å². The van der Waals surface area contributed by atoms with Crippen LogP contribution in [0.4, 0.5) is 0 Å². The zero-order valence-corrected chi connectivity index (χ0v) is 14.6. The number of methoxy groups -OCH3 is 2. The minimum atomic E-state index is -0.660. The Bertz CT molecular complexity index is 687. The van der Waals surface area contributed by atoms with E-state index in [0.29, 0.717) is 35.8 Å². The Labute approximate surface area is 148 Å². The van der Waals surface area contributed by atoms with Crippen LogP contribution in [0.15, 0.2) is 78.4 Å². The maximum atomic E-state index is 11.4. The number of rotatable bonds is 9. The van der Waals surface area contributed by atoms with E-state index >= 15 is 0 Å². The van der Waals surface area contributed by atoms with Gasteiger partial charge in [0.2, 0.25) is 6.29 Å². The van der Waals surface area contributed by atoms with Crippen LogP contribution in [0.3, 0.4) is 0 Å². The maximum Gasteiger partial charge on any atom is 0.202 e. The largest absolute Gasteiger partial charge is 0.486 e. The molecule has 0 saturated carbocycles. The molecule has 5 nitrogen and oxygen atoms in total. The van der Waals surface area contributed by atoms with Crippen molar-refractivity contribution in [1.29, 1.82) is 0 Å². The zero-order valence-electron chi connectivity index (χ0n) is 14.6. The molecule has 0 spiro atoms. The van der Waals surface area contributed by atoms with Crippen LogP contribution in [0.5, 0.6) is 0 Å². The molecule has 0 aliphatic carbocycles. The summed E-state index contributed by atoms with van der Waals surface area (Å²) in [6.45, 7) is 8.59. The highest BCUT2D eigenvalue weighted by Crippen LogP contribution is 2.32. The number of allylic oxidation sites excluding steroid dienone is 1. The van der Waals surface area contributed by atoms with Gasteiger partial charge in [-0.1, -0.05) is 43.0 Å². The Hall–Kier alpha value is -2.63. The molecule has 0 unspecified atom stereocenters. The molecule has 0 fully saturated rings. The van der Waals surface area contributed by atoms with Crippen molar-refractivity contribution in [1.82, 2.24) is 4.90 Å². The van der Waals surface area contributed by atoms with E-state index in [9.17, 15) is 4.79 Å². The van der Waals surface area contributed by atoms with E-state index in [1.807, 2.05) is 35.2 Å². The summed E-state index contributed by atoms with van der Waals surface area (Å²) in [6.07, 6.45) is 3.53. The Kier molecular flexibility index (Phi) is 6.74. The molecule has 0 saturated heterocycles. The molecule has 1 aliphatic rings. The van der Waals surface area contributed by atoms with E-state index in [0.717, 1.165) is 11.8 Å². The number of hydrogen-bond donors (Lipinski definition) is 0. The first kappa shape index (κ1) is 18.7. The highest BCUT2D eigenvalue weighted by atomic mass is 16.7. The second kappa shape index (κ2) is 9.01. The van der Waals surface area contributed by atoms with E-state index in [-0.39, 0.29) is 0 Å². The van der Waals surface area contributed by atoms with Crippen molar-refractivity contribution < 1.29 is 19.0 Å². The van der Waals surface area contributed by atoms with Crippen LogP contribution < -0.4 is 0 Å². The fourth-order valence-electron chi connectivity index (χ4n) is 2.58. The van der Waals surface area contributed by atoms with E-state index in [4.69, 9.17) is 14.2 Å². The summed E-state index contributed by atoms with van der Waals surface area (Å²) in [6, 6.07) is 9.76. The molecule has 0 aromatic heterocycles. The minimum Gasteiger partial charge on any atom is -0.486 e. The van der Waals surface area contributed by atoms with Gasteiger partial charge in [-0.2, -0.15) is 0 Å². The number of carbonyl (C=O) groups excluding carboxylic acids is 1. The van der Waals surface area contributed by atoms with Gasteiger partial charge in [0.1, 0.15) is 12.3 Å². The van der Waals surface area contributed by atoms with Crippen LogP contribution in [0.25, 0.3) is 0 Å². The highest BCUT2D eigenvalue weighted by Gasteiger charge is 2.30. The third-order valence-electron chi connectivity index (χ3n) is 3.79. The van der Waals surface area contributed by atoms with Gasteiger partial charge in [0.05, 0.1) is 0 Å². The predicted octanol–water partition coefficient (Wildman–Crippen LogP) is 3.17. The molecule has 5 heteroatoms. The topological polar surface area (TPSA) is 48.0 Å². The van der Waals surface area contributed by atoms with Crippen molar-refractivity contribution in [2.75, 3.05) is 20.8 Å². The van der Waals surface area contributed by atoms with Crippen LogP contribution in [-0.2, 0) is 25.6 Å². The molecule has 0 atom stereocenters. The Morgan fingerprint density at radius 1 is 1.20 bits per heavy atom. The number of ether oxygens (including phenoxy) is 3. The van der Waals surface area contributed by atoms with Crippen molar-refractivity contribution in [2.45, 2.75) is 12.9 Å². The average Bonchev–Trinajstić information content (AvgIpc) is 2.65. The van der Waals surface area contributed by atoms with Crippen molar-refractivity contribution in [3.05, 3.63) is 83.9 Å². The average molecular weight is 341 g/mol. The van der Waals surface area contributed by atoms with Gasteiger partial charge in [0, 0.05) is 38.1 Å². The van der Waals surface area contributed by atoms with Gasteiger partial charge in [-0.3, -0.25) is 4.79 Å². The number of benzene rings is 1. The third kappa shape index (κ3) is 4.26. The number of carbonyl (C=O) groups is 1. The molecular formula is C20H23NO4. The molecule has 1 aromatic rings. The van der Waals surface area contributed by atoms with Gasteiger partial charge in [0.25, 0.3) is 0 Å². The van der Waals surface area contributed by atoms with Crippen molar-refractivity contribution in [3.8, 4) is 0 Å². The first-order valence-corrected chi connectivity index (χ1v) is 7.86. The first-order valence-electron chi connectivity index (χ1n) is 7.86. The lowest BCUT2D eigenvalue weighted by molar-refractivity contribution is -0.105. The van der Waals surface area contributed by atoms with Gasteiger partial charge < -0.3 is 19.1 Å². The van der Waals surface area contributed by atoms with Crippen LogP contribution in [-0.4, -0.2) is 38.2 Å². The summed E-state index contributed by atoms with van der Waals surface area (Å²) < 4.78 is 16.9. The first-order chi connectivity index (χ1) is 12.2. The monoisotopic (exact) mass is 341 g/mol. The van der Waals surface area contributed by atoms with Gasteiger partial charge in [-0.15, -0.1) is 6.58 Å². The van der Waals surface area contributed by atoms with Gasteiger partial charge in [0.15, 0.2) is 12.0 Å². The summed E-state index contributed by atoms with van der Waals surface area (Å²) in [4.78, 5) is 13.3. The summed E-state index contributed by atoms with van der Waals surface area (Å²) >= 11 is 0. The van der Waals surface area contributed by atoms with Crippen molar-refractivity contribution in [3.63, 3.8) is 0 Å². The predicted molar refractivity (Wildman–Crippen MR) is 96.3 cm³/mol. The lowest BCUT2D eigenvalue weighted by Gasteiger charge is -2.34. The smallest absolute Gasteiger partial charge is 0.202 e. The molecule has 0 N–H and O–H groups in total. The lowest BCUT2D eigenvalue weighted by Crippen LogP contribution is -2.34. The highest BCUT2D eigenvalue weighted by molar-refractivity contribution is 5.83. The fourth-order valence-corrected chi connectivity index (χ4v) is 2.58. The van der Waals surface area contributed by atoms with E-state index < -0.39 is 6.29 Å². The Morgan fingerprint density at radius 2 is 1.88 bits per heavy atom. The van der Waals surface area contributed by atoms with Crippen LogP contribution >= 0.6 is 0 Å². The molecule has 25 heavy (non-hydrogen) atoms. The van der Waals surface area contributed by atoms with Gasteiger partial charge in [-0.05, 0) is 5.56 Å². The van der Waals surface area contributed by atoms with Crippen LogP contribution in [0, 0.1) is 0 Å². The molecule has 1 heterocycles. The molecule has 2 rings (SSSR count). The second-order valence-electron chi connectivity index (χ2n) is 5.41. The van der Waals surface area contributed by atoms with Crippen molar-refractivity contribution >= 4 is 6.29 Å². The molecule has 0 radical (unpaired) electrons. The number of hydrogen-bond acceptors (Lipinski definition) is 5. The van der Waals surface area contributed by atoms with Gasteiger partial charge in [-0.25, -0.2) is 0 Å². The number of aldehydes is 1. The molecule has 0 amide bonds. The summed E-state index contributed by atoms with van der Waals surface area (Å²) in [5.41, 5.74) is 2.60. The van der Waals surface area contributed by atoms with Crippen molar-refractivity contribution in [2.24, 2.45) is 0 Å². The zero-order chi connectivity index (χ0) is 18.2. The number of nitrogens with zero attached hydrogens (tertiary/aromatic N) is 1. The summed E-state index contributed by atoms with van der Waals surface area (Å²) in [7, 11) is 3.09. The summed E-state index contributed by atoms with van der Waals surface area (Å²) in [5.74, 6) is 0.476. The molecule has 1 aliphatic heterocycles. The molecule has 0 bridgehead atoms. The SMILES string of the molecule is C=CCN1C=C(C=O)C(=C)C(OCc2ccccc2)=C1C(OC)OC. The van der Waals surface area contributed by atoms with E-state index in [1.54, 1.807) is 26.5 Å². The minimum absolute atomic E-state index is 0.340. The quantitative estimate of drug-likeness (QED) is 0.392. The normalized spacial score (nSPS) is 14.6. The van der Waals surface area contributed by atoms with Crippen LogP contribution in [0.1, 0.15) is 5.56 Å². The molecule has 132 valence electrons.